The fraction of sp³-hybridized carbons (Fsp3) is 0.684. The Hall–Kier alpha value is -0.820. The van der Waals surface area contributed by atoms with E-state index >= 15 is 0 Å². The molecule has 1 nitrogen and oxygen atoms in total. The highest BCUT2D eigenvalue weighted by Crippen LogP contribution is 2.74. The van der Waals surface area contributed by atoms with Crippen molar-refractivity contribution in [2.24, 2.45) is 23.2 Å². The number of rotatable bonds is 4. The van der Waals surface area contributed by atoms with E-state index in [-0.39, 0.29) is 0 Å². The minimum Gasteiger partial charge on any atom is -0.374 e. The van der Waals surface area contributed by atoms with Crippen LogP contribution in [0.2, 0.25) is 0 Å². The Kier molecular flexibility index (Phi) is 3.14. The first kappa shape index (κ1) is 12.9. The second kappa shape index (κ2) is 4.87. The van der Waals surface area contributed by atoms with Crippen LogP contribution < -0.4 is 0 Å². The van der Waals surface area contributed by atoms with Crippen LogP contribution in [-0.2, 0) is 11.3 Å². The van der Waals surface area contributed by atoms with E-state index in [1.807, 2.05) is 0 Å². The maximum Gasteiger partial charge on any atom is 0.0720 e. The summed E-state index contributed by atoms with van der Waals surface area (Å²) in [6.45, 7) is 3.17. The zero-order chi connectivity index (χ0) is 13.6. The molecule has 0 bridgehead atoms. The highest BCUT2D eigenvalue weighted by molar-refractivity contribution is 5.16. The number of hydrogen-bond acceptors (Lipinski definition) is 1. The van der Waals surface area contributed by atoms with Crippen LogP contribution >= 0.6 is 0 Å². The summed E-state index contributed by atoms with van der Waals surface area (Å²) in [5.74, 6) is 3.10. The third kappa shape index (κ3) is 2.02. The molecule has 4 rings (SSSR count). The summed E-state index contributed by atoms with van der Waals surface area (Å²) in [6, 6.07) is 10.6. The zero-order valence-corrected chi connectivity index (χ0v) is 12.6. The van der Waals surface area contributed by atoms with Crippen LogP contribution in [0, 0.1) is 23.2 Å². The van der Waals surface area contributed by atoms with E-state index in [0.29, 0.717) is 6.10 Å². The van der Waals surface area contributed by atoms with Gasteiger partial charge < -0.3 is 4.74 Å². The van der Waals surface area contributed by atoms with Crippen molar-refractivity contribution in [1.82, 2.24) is 0 Å². The Balaban J connectivity index is 1.33. The normalized spacial score (nSPS) is 42.0. The molecule has 1 aromatic carbocycles. The first-order valence-corrected chi connectivity index (χ1v) is 8.47. The van der Waals surface area contributed by atoms with Crippen molar-refractivity contribution >= 4 is 0 Å². The minimum atomic E-state index is 0.520. The second-order valence-electron chi connectivity index (χ2n) is 7.34. The van der Waals surface area contributed by atoms with Crippen molar-refractivity contribution in [2.45, 2.75) is 58.2 Å². The smallest absolute Gasteiger partial charge is 0.0720 e. The molecule has 1 aromatic rings. The van der Waals surface area contributed by atoms with Crippen molar-refractivity contribution in [3.63, 3.8) is 0 Å². The summed E-state index contributed by atoms with van der Waals surface area (Å²) in [5, 5.41) is 0. The molecule has 3 aliphatic carbocycles. The van der Waals surface area contributed by atoms with Gasteiger partial charge in [0.2, 0.25) is 0 Å². The molecule has 0 aromatic heterocycles. The van der Waals surface area contributed by atoms with Gasteiger partial charge in [0, 0.05) is 0 Å². The molecule has 0 amide bonds. The van der Waals surface area contributed by atoms with Crippen LogP contribution in [0.15, 0.2) is 30.3 Å². The van der Waals surface area contributed by atoms with Gasteiger partial charge in [-0.05, 0) is 60.8 Å². The summed E-state index contributed by atoms with van der Waals surface area (Å²) < 4.78 is 6.21. The van der Waals surface area contributed by atoms with Gasteiger partial charge in [0.1, 0.15) is 0 Å². The molecule has 108 valence electrons. The summed E-state index contributed by atoms with van der Waals surface area (Å²) in [7, 11) is 0. The molecule has 0 aliphatic heterocycles. The molecular weight excluding hydrogens is 244 g/mol. The van der Waals surface area contributed by atoms with Crippen molar-refractivity contribution < 1.29 is 4.74 Å². The summed E-state index contributed by atoms with van der Waals surface area (Å²) >= 11 is 0. The van der Waals surface area contributed by atoms with Crippen LogP contribution in [0.1, 0.15) is 51.0 Å². The molecule has 1 spiro atoms. The van der Waals surface area contributed by atoms with Gasteiger partial charge in [0.15, 0.2) is 0 Å². The van der Waals surface area contributed by atoms with E-state index in [9.17, 15) is 0 Å². The van der Waals surface area contributed by atoms with E-state index in [1.165, 1.54) is 37.7 Å². The number of benzene rings is 1. The van der Waals surface area contributed by atoms with E-state index in [1.54, 1.807) is 6.42 Å². The monoisotopic (exact) mass is 270 g/mol. The molecule has 3 aliphatic rings. The fourth-order valence-corrected chi connectivity index (χ4v) is 5.22. The largest absolute Gasteiger partial charge is 0.374 e. The fourth-order valence-electron chi connectivity index (χ4n) is 5.22. The Morgan fingerprint density at radius 1 is 1.15 bits per heavy atom. The molecule has 1 heteroatoms. The minimum absolute atomic E-state index is 0.520. The van der Waals surface area contributed by atoms with Gasteiger partial charge in [-0.25, -0.2) is 0 Å². The number of hydrogen-bond donors (Lipinski definition) is 0. The van der Waals surface area contributed by atoms with E-state index in [4.69, 9.17) is 4.74 Å². The lowest BCUT2D eigenvalue weighted by Gasteiger charge is -2.52. The SMILES string of the molecule is CCC1CC12CC1CCC(OCc3ccccc3)CC12. The van der Waals surface area contributed by atoms with Crippen molar-refractivity contribution in [3.05, 3.63) is 35.9 Å². The predicted molar refractivity (Wildman–Crippen MR) is 81.3 cm³/mol. The van der Waals surface area contributed by atoms with Crippen LogP contribution in [-0.4, -0.2) is 6.10 Å². The number of ether oxygens (including phenoxy) is 1. The Morgan fingerprint density at radius 3 is 2.75 bits per heavy atom. The van der Waals surface area contributed by atoms with Gasteiger partial charge in [-0.2, -0.15) is 0 Å². The molecule has 3 fully saturated rings. The average Bonchev–Trinajstić information content (AvgIpc) is 3.23. The molecular formula is C19H26O. The first-order valence-electron chi connectivity index (χ1n) is 8.47. The molecule has 5 unspecified atom stereocenters. The number of fused-ring (bicyclic) bond motifs is 2. The Bertz CT molecular complexity index is 468. The quantitative estimate of drug-likeness (QED) is 0.763. The lowest BCUT2D eigenvalue weighted by Crippen LogP contribution is -2.45. The lowest BCUT2D eigenvalue weighted by atomic mass is 9.54. The Labute approximate surface area is 122 Å². The van der Waals surface area contributed by atoms with Gasteiger partial charge in [-0.15, -0.1) is 0 Å². The van der Waals surface area contributed by atoms with Gasteiger partial charge >= 0.3 is 0 Å². The van der Waals surface area contributed by atoms with Crippen molar-refractivity contribution in [1.29, 1.82) is 0 Å². The lowest BCUT2D eigenvalue weighted by molar-refractivity contribution is -0.0834. The van der Waals surface area contributed by atoms with Gasteiger partial charge in [-0.1, -0.05) is 43.7 Å². The maximum absolute atomic E-state index is 6.21. The van der Waals surface area contributed by atoms with Gasteiger partial charge in [0.25, 0.3) is 0 Å². The molecule has 5 atom stereocenters. The van der Waals surface area contributed by atoms with E-state index < -0.39 is 0 Å². The second-order valence-corrected chi connectivity index (χ2v) is 7.34. The summed E-state index contributed by atoms with van der Waals surface area (Å²) in [6.07, 6.45) is 9.04. The average molecular weight is 270 g/mol. The first-order chi connectivity index (χ1) is 9.82. The molecule has 0 saturated heterocycles. The zero-order valence-electron chi connectivity index (χ0n) is 12.6. The molecule has 0 radical (unpaired) electrons. The Morgan fingerprint density at radius 2 is 2.00 bits per heavy atom. The van der Waals surface area contributed by atoms with E-state index in [2.05, 4.69) is 37.3 Å². The molecule has 0 N–H and O–H groups in total. The van der Waals surface area contributed by atoms with Crippen molar-refractivity contribution in [3.8, 4) is 0 Å². The topological polar surface area (TPSA) is 9.23 Å². The van der Waals surface area contributed by atoms with Gasteiger partial charge in [0.05, 0.1) is 12.7 Å². The predicted octanol–water partition coefficient (Wildman–Crippen LogP) is 4.81. The van der Waals surface area contributed by atoms with Gasteiger partial charge in [-0.3, -0.25) is 0 Å². The molecule has 0 heterocycles. The standard InChI is InChI=1S/C19H26O/c1-2-16-12-19(16)11-15-8-9-17(10-18(15)19)20-13-14-6-4-3-5-7-14/h3-7,15-18H,2,8-13H2,1H3. The summed E-state index contributed by atoms with van der Waals surface area (Å²) in [4.78, 5) is 0. The molecule has 20 heavy (non-hydrogen) atoms. The van der Waals surface area contributed by atoms with Crippen LogP contribution in [0.5, 0.6) is 0 Å². The maximum atomic E-state index is 6.21. The van der Waals surface area contributed by atoms with E-state index in [0.717, 1.165) is 29.8 Å². The van der Waals surface area contributed by atoms with Crippen LogP contribution in [0.3, 0.4) is 0 Å². The third-order valence-electron chi connectivity index (χ3n) is 6.43. The summed E-state index contributed by atoms with van der Waals surface area (Å²) in [5.41, 5.74) is 2.10. The van der Waals surface area contributed by atoms with Crippen LogP contribution in [0.4, 0.5) is 0 Å². The van der Waals surface area contributed by atoms with Crippen molar-refractivity contribution in [2.75, 3.05) is 0 Å². The molecule has 3 saturated carbocycles. The third-order valence-corrected chi connectivity index (χ3v) is 6.43. The highest BCUT2D eigenvalue weighted by atomic mass is 16.5. The van der Waals surface area contributed by atoms with Crippen LogP contribution in [0.25, 0.3) is 0 Å². The highest BCUT2D eigenvalue weighted by Gasteiger charge is 2.67.